The van der Waals surface area contributed by atoms with Crippen LogP contribution in [-0.4, -0.2) is 11.1 Å². The van der Waals surface area contributed by atoms with Crippen molar-refractivity contribution in [2.45, 2.75) is 0 Å². The van der Waals surface area contributed by atoms with Crippen LogP contribution in [-0.2, 0) is 0 Å². The van der Waals surface area contributed by atoms with Crippen molar-refractivity contribution in [3.63, 3.8) is 0 Å². The number of hydrogen-bond donors (Lipinski definition) is 1. The summed E-state index contributed by atoms with van der Waals surface area (Å²) in [6.45, 7) is 0. The van der Waals surface area contributed by atoms with Gasteiger partial charge in [0, 0.05) is 0 Å². The Bertz CT molecular complexity index is 705. The van der Waals surface area contributed by atoms with Crippen LogP contribution in [0.3, 0.4) is 0 Å². The van der Waals surface area contributed by atoms with Crippen LogP contribution in [0.1, 0.15) is 15.9 Å². The molecule has 2 aromatic carbocycles. The van der Waals surface area contributed by atoms with E-state index in [0.717, 1.165) is 18.2 Å². The van der Waals surface area contributed by atoms with Crippen LogP contribution in [0.4, 0.5) is 8.78 Å². The van der Waals surface area contributed by atoms with Gasteiger partial charge in [0.2, 0.25) is 0 Å². The molecule has 2 rings (SSSR count). The van der Waals surface area contributed by atoms with E-state index in [-0.39, 0.29) is 16.7 Å². The molecule has 0 aliphatic heterocycles. The second-order valence-electron chi connectivity index (χ2n) is 3.81. The zero-order chi connectivity index (χ0) is 14.0. The Morgan fingerprint density at radius 3 is 2.58 bits per heavy atom. The molecule has 0 aliphatic rings. The number of rotatable bonds is 2. The maximum absolute atomic E-state index is 13.5. The number of nitriles is 1. The minimum atomic E-state index is -1.45. The zero-order valence-electron chi connectivity index (χ0n) is 9.52. The zero-order valence-corrected chi connectivity index (χ0v) is 9.52. The standard InChI is InChI=1S/C14H7F2NO2/c15-10-5-8(7-17)4-9(6-10)11-2-1-3-12(16)13(11)14(18)19/h1-6H,(H,18,19). The molecule has 0 heterocycles. The minimum Gasteiger partial charge on any atom is -0.478 e. The van der Waals surface area contributed by atoms with Crippen LogP contribution in [0.5, 0.6) is 0 Å². The topological polar surface area (TPSA) is 61.1 Å². The third-order valence-corrected chi connectivity index (χ3v) is 2.57. The molecule has 3 nitrogen and oxygen atoms in total. The normalized spacial score (nSPS) is 9.95. The van der Waals surface area contributed by atoms with E-state index in [9.17, 15) is 13.6 Å². The van der Waals surface area contributed by atoms with Crippen LogP contribution in [0.15, 0.2) is 36.4 Å². The molecule has 5 heteroatoms. The van der Waals surface area contributed by atoms with Crippen molar-refractivity contribution >= 4 is 5.97 Å². The molecule has 0 fully saturated rings. The predicted octanol–water partition coefficient (Wildman–Crippen LogP) is 3.20. The second kappa shape index (κ2) is 4.86. The van der Waals surface area contributed by atoms with Gasteiger partial charge in [-0.15, -0.1) is 0 Å². The number of carbonyl (C=O) groups is 1. The van der Waals surface area contributed by atoms with Gasteiger partial charge in [0.15, 0.2) is 0 Å². The van der Waals surface area contributed by atoms with Crippen molar-refractivity contribution in [3.8, 4) is 17.2 Å². The molecule has 2 aromatic rings. The number of halogens is 2. The molecule has 0 bridgehead atoms. The smallest absolute Gasteiger partial charge is 0.339 e. The van der Waals surface area contributed by atoms with Gasteiger partial charge >= 0.3 is 5.97 Å². The summed E-state index contributed by atoms with van der Waals surface area (Å²) in [5.41, 5.74) is -0.329. The van der Waals surface area contributed by atoms with Gasteiger partial charge in [-0.25, -0.2) is 13.6 Å². The largest absolute Gasteiger partial charge is 0.478 e. The second-order valence-corrected chi connectivity index (χ2v) is 3.81. The Morgan fingerprint density at radius 1 is 1.21 bits per heavy atom. The first-order valence-corrected chi connectivity index (χ1v) is 5.26. The van der Waals surface area contributed by atoms with Gasteiger partial charge in [0.1, 0.15) is 17.2 Å². The number of carboxylic acids is 1. The van der Waals surface area contributed by atoms with Crippen LogP contribution in [0.25, 0.3) is 11.1 Å². The molecule has 0 atom stereocenters. The molecule has 0 saturated carbocycles. The first-order chi connectivity index (χ1) is 9.02. The van der Waals surface area contributed by atoms with E-state index in [1.54, 1.807) is 6.07 Å². The Hall–Kier alpha value is -2.74. The van der Waals surface area contributed by atoms with Gasteiger partial charge in [0.25, 0.3) is 0 Å². The van der Waals surface area contributed by atoms with E-state index >= 15 is 0 Å². The highest BCUT2D eigenvalue weighted by atomic mass is 19.1. The van der Waals surface area contributed by atoms with Crippen molar-refractivity contribution in [1.82, 2.24) is 0 Å². The van der Waals surface area contributed by atoms with Crippen LogP contribution < -0.4 is 0 Å². The molecule has 0 aromatic heterocycles. The Kier molecular flexibility index (Phi) is 3.25. The highest BCUT2D eigenvalue weighted by molar-refractivity contribution is 5.96. The van der Waals surface area contributed by atoms with Gasteiger partial charge in [-0.2, -0.15) is 5.26 Å². The minimum absolute atomic E-state index is 0.0310. The lowest BCUT2D eigenvalue weighted by Gasteiger charge is -2.07. The van der Waals surface area contributed by atoms with Crippen molar-refractivity contribution in [3.05, 3.63) is 59.2 Å². The Labute approximate surface area is 107 Å². The van der Waals surface area contributed by atoms with Gasteiger partial charge in [-0.3, -0.25) is 0 Å². The first kappa shape index (κ1) is 12.7. The average Bonchev–Trinajstić information content (AvgIpc) is 2.37. The van der Waals surface area contributed by atoms with Crippen LogP contribution in [0, 0.1) is 23.0 Å². The average molecular weight is 259 g/mol. The number of nitrogens with zero attached hydrogens (tertiary/aromatic N) is 1. The summed E-state index contributed by atoms with van der Waals surface area (Å²) in [5.74, 6) is -3.04. The van der Waals surface area contributed by atoms with Gasteiger partial charge in [-0.05, 0) is 35.4 Å². The molecule has 19 heavy (non-hydrogen) atoms. The summed E-state index contributed by atoms with van der Waals surface area (Å²) in [5, 5.41) is 17.8. The maximum atomic E-state index is 13.5. The fourth-order valence-corrected chi connectivity index (χ4v) is 1.79. The van der Waals surface area contributed by atoms with Crippen molar-refractivity contribution in [2.24, 2.45) is 0 Å². The van der Waals surface area contributed by atoms with Crippen molar-refractivity contribution in [2.75, 3.05) is 0 Å². The quantitative estimate of drug-likeness (QED) is 0.900. The Morgan fingerprint density at radius 2 is 1.95 bits per heavy atom. The SMILES string of the molecule is N#Cc1cc(F)cc(-c2cccc(F)c2C(=O)O)c1. The lowest BCUT2D eigenvalue weighted by atomic mass is 9.97. The predicted molar refractivity (Wildman–Crippen MR) is 63.5 cm³/mol. The summed E-state index contributed by atoms with van der Waals surface area (Å²) in [7, 11) is 0. The molecule has 0 spiro atoms. The van der Waals surface area contributed by atoms with E-state index in [0.29, 0.717) is 0 Å². The van der Waals surface area contributed by atoms with E-state index in [4.69, 9.17) is 10.4 Å². The van der Waals surface area contributed by atoms with Crippen LogP contribution >= 0.6 is 0 Å². The van der Waals surface area contributed by atoms with Crippen molar-refractivity contribution in [1.29, 1.82) is 5.26 Å². The van der Waals surface area contributed by atoms with E-state index in [2.05, 4.69) is 0 Å². The molecule has 0 amide bonds. The van der Waals surface area contributed by atoms with E-state index in [1.165, 1.54) is 18.2 Å². The highest BCUT2D eigenvalue weighted by Gasteiger charge is 2.17. The van der Waals surface area contributed by atoms with E-state index < -0.39 is 23.2 Å². The molecular formula is C14H7F2NO2. The number of benzene rings is 2. The number of aromatic carboxylic acids is 1. The number of hydrogen-bond acceptors (Lipinski definition) is 2. The first-order valence-electron chi connectivity index (χ1n) is 5.26. The lowest BCUT2D eigenvalue weighted by Crippen LogP contribution is -2.03. The third kappa shape index (κ3) is 2.43. The summed E-state index contributed by atoms with van der Waals surface area (Å²) < 4.78 is 26.9. The third-order valence-electron chi connectivity index (χ3n) is 2.57. The maximum Gasteiger partial charge on any atom is 0.339 e. The fraction of sp³-hybridized carbons (Fsp3) is 0. The molecule has 0 radical (unpaired) electrons. The monoisotopic (exact) mass is 259 g/mol. The van der Waals surface area contributed by atoms with Gasteiger partial charge < -0.3 is 5.11 Å². The summed E-state index contributed by atoms with van der Waals surface area (Å²) >= 11 is 0. The summed E-state index contributed by atoms with van der Waals surface area (Å²) in [6.07, 6.45) is 0. The summed E-state index contributed by atoms with van der Waals surface area (Å²) in [6, 6.07) is 8.85. The van der Waals surface area contributed by atoms with E-state index in [1.807, 2.05) is 0 Å². The molecule has 94 valence electrons. The summed E-state index contributed by atoms with van der Waals surface area (Å²) in [4.78, 5) is 11.1. The van der Waals surface area contributed by atoms with Gasteiger partial charge in [-0.1, -0.05) is 12.1 Å². The highest BCUT2D eigenvalue weighted by Crippen LogP contribution is 2.27. The molecular weight excluding hydrogens is 252 g/mol. The van der Waals surface area contributed by atoms with Crippen LogP contribution in [0.2, 0.25) is 0 Å². The molecule has 1 N–H and O–H groups in total. The fourth-order valence-electron chi connectivity index (χ4n) is 1.79. The lowest BCUT2D eigenvalue weighted by molar-refractivity contribution is 0.0693. The number of carboxylic acid groups (broad SMARTS) is 1. The molecule has 0 unspecified atom stereocenters. The molecule has 0 saturated heterocycles. The molecule has 0 aliphatic carbocycles. The van der Waals surface area contributed by atoms with Gasteiger partial charge in [0.05, 0.1) is 11.6 Å². The Balaban J connectivity index is 2.73. The van der Waals surface area contributed by atoms with Crippen molar-refractivity contribution < 1.29 is 18.7 Å².